The monoisotopic (exact) mass is 298 g/mol. The van der Waals surface area contributed by atoms with E-state index in [0.29, 0.717) is 6.42 Å². The lowest BCUT2D eigenvalue weighted by atomic mass is 9.80. The van der Waals surface area contributed by atoms with Crippen molar-refractivity contribution in [3.63, 3.8) is 0 Å². The van der Waals surface area contributed by atoms with Gasteiger partial charge in [0.1, 0.15) is 5.54 Å². The van der Waals surface area contributed by atoms with E-state index in [2.05, 4.69) is 11.6 Å². The first-order chi connectivity index (χ1) is 9.59. The van der Waals surface area contributed by atoms with E-state index in [0.717, 1.165) is 44.4 Å². The third kappa shape index (κ3) is 3.30. The summed E-state index contributed by atoms with van der Waals surface area (Å²) in [5, 5.41) is 3.06. The highest BCUT2D eigenvalue weighted by atomic mass is 32.2. The first-order valence-electron chi connectivity index (χ1n) is 7.70. The smallest absolute Gasteiger partial charge is 0.248 e. The van der Waals surface area contributed by atoms with Gasteiger partial charge in [0.25, 0.3) is 0 Å². The number of amides is 2. The number of hydrogen-bond acceptors (Lipinski definition) is 3. The molecule has 5 heteroatoms. The van der Waals surface area contributed by atoms with E-state index in [1.807, 2.05) is 11.8 Å². The molecule has 2 aliphatic rings. The topological polar surface area (TPSA) is 49.4 Å². The summed E-state index contributed by atoms with van der Waals surface area (Å²) >= 11 is 1.80. The van der Waals surface area contributed by atoms with E-state index in [-0.39, 0.29) is 17.9 Å². The van der Waals surface area contributed by atoms with Gasteiger partial charge in [-0.1, -0.05) is 19.3 Å². The SMILES string of the molecule is CSCCCN1C(=O)C2(CCCCC2)NC(=O)CC1C. The summed E-state index contributed by atoms with van der Waals surface area (Å²) in [4.78, 5) is 27.0. The summed E-state index contributed by atoms with van der Waals surface area (Å²) in [6.07, 6.45) is 8.40. The molecular formula is C15H26N2O2S. The van der Waals surface area contributed by atoms with Gasteiger partial charge in [0.05, 0.1) is 0 Å². The molecule has 1 N–H and O–H groups in total. The van der Waals surface area contributed by atoms with Gasteiger partial charge in [-0.3, -0.25) is 9.59 Å². The van der Waals surface area contributed by atoms with Crippen molar-refractivity contribution in [3.8, 4) is 0 Å². The molecule has 1 unspecified atom stereocenters. The minimum absolute atomic E-state index is 0.0191. The van der Waals surface area contributed by atoms with Crippen LogP contribution in [-0.2, 0) is 9.59 Å². The number of rotatable bonds is 4. The second-order valence-corrected chi connectivity index (χ2v) is 7.07. The highest BCUT2D eigenvalue weighted by molar-refractivity contribution is 7.98. The molecular weight excluding hydrogens is 272 g/mol. The van der Waals surface area contributed by atoms with Gasteiger partial charge in [-0.25, -0.2) is 0 Å². The second kappa shape index (κ2) is 6.83. The van der Waals surface area contributed by atoms with E-state index >= 15 is 0 Å². The molecule has 1 heterocycles. The number of nitrogens with zero attached hydrogens (tertiary/aromatic N) is 1. The normalized spacial score (nSPS) is 26.5. The molecule has 2 rings (SSSR count). The van der Waals surface area contributed by atoms with Gasteiger partial charge in [-0.2, -0.15) is 11.8 Å². The quantitative estimate of drug-likeness (QED) is 0.809. The third-order valence-corrected chi connectivity index (χ3v) is 5.21. The van der Waals surface area contributed by atoms with Crippen LogP contribution in [-0.4, -0.2) is 46.8 Å². The highest BCUT2D eigenvalue weighted by Crippen LogP contribution is 2.32. The Morgan fingerprint density at radius 3 is 2.65 bits per heavy atom. The van der Waals surface area contributed by atoms with E-state index in [9.17, 15) is 9.59 Å². The van der Waals surface area contributed by atoms with Crippen LogP contribution in [0.25, 0.3) is 0 Å². The predicted octanol–water partition coefficient (Wildman–Crippen LogP) is 2.18. The van der Waals surface area contributed by atoms with Crippen molar-refractivity contribution in [1.82, 2.24) is 10.2 Å². The van der Waals surface area contributed by atoms with Crippen LogP contribution in [0.4, 0.5) is 0 Å². The van der Waals surface area contributed by atoms with Crippen LogP contribution in [0.3, 0.4) is 0 Å². The fourth-order valence-corrected chi connectivity index (χ4v) is 3.84. The van der Waals surface area contributed by atoms with Crippen LogP contribution in [0.2, 0.25) is 0 Å². The van der Waals surface area contributed by atoms with Crippen LogP contribution in [0, 0.1) is 0 Å². The van der Waals surface area contributed by atoms with Crippen LogP contribution >= 0.6 is 11.8 Å². The number of carbonyl (C=O) groups is 2. The lowest BCUT2D eigenvalue weighted by Crippen LogP contribution is -2.58. The Morgan fingerprint density at radius 2 is 2.00 bits per heavy atom. The summed E-state index contributed by atoms with van der Waals surface area (Å²) in [7, 11) is 0. The average Bonchev–Trinajstić information content (AvgIpc) is 2.50. The number of carbonyl (C=O) groups excluding carboxylic acids is 2. The minimum atomic E-state index is -0.598. The van der Waals surface area contributed by atoms with Gasteiger partial charge >= 0.3 is 0 Å². The lowest BCUT2D eigenvalue weighted by molar-refractivity contribution is -0.141. The van der Waals surface area contributed by atoms with Crippen molar-refractivity contribution in [2.24, 2.45) is 0 Å². The molecule has 1 spiro atoms. The maximum absolute atomic E-state index is 13.0. The summed E-state index contributed by atoms with van der Waals surface area (Å²) in [5.41, 5.74) is -0.598. The Kier molecular flexibility index (Phi) is 5.35. The van der Waals surface area contributed by atoms with Crippen molar-refractivity contribution in [2.75, 3.05) is 18.6 Å². The first kappa shape index (κ1) is 15.7. The number of thioether (sulfide) groups is 1. The molecule has 1 aliphatic carbocycles. The minimum Gasteiger partial charge on any atom is -0.342 e. The molecule has 0 aromatic heterocycles. The Morgan fingerprint density at radius 1 is 1.30 bits per heavy atom. The summed E-state index contributed by atoms with van der Waals surface area (Å²) in [5.74, 6) is 1.27. The molecule has 0 radical (unpaired) electrons. The molecule has 2 amide bonds. The molecule has 0 aromatic carbocycles. The van der Waals surface area contributed by atoms with Crippen molar-refractivity contribution < 1.29 is 9.59 Å². The van der Waals surface area contributed by atoms with E-state index in [1.165, 1.54) is 6.42 Å². The van der Waals surface area contributed by atoms with Crippen molar-refractivity contribution >= 4 is 23.6 Å². The zero-order chi connectivity index (χ0) is 14.6. The van der Waals surface area contributed by atoms with Crippen LogP contribution in [0.15, 0.2) is 0 Å². The summed E-state index contributed by atoms with van der Waals surface area (Å²) < 4.78 is 0. The number of hydrogen-bond donors (Lipinski definition) is 1. The van der Waals surface area contributed by atoms with Crippen molar-refractivity contribution in [3.05, 3.63) is 0 Å². The third-order valence-electron chi connectivity index (χ3n) is 4.52. The van der Waals surface area contributed by atoms with Crippen LogP contribution in [0.1, 0.15) is 51.9 Å². The van der Waals surface area contributed by atoms with Gasteiger partial charge < -0.3 is 10.2 Å². The largest absolute Gasteiger partial charge is 0.342 e. The van der Waals surface area contributed by atoms with E-state index in [1.54, 1.807) is 11.8 Å². The molecule has 0 aromatic rings. The molecule has 1 atom stereocenters. The van der Waals surface area contributed by atoms with E-state index < -0.39 is 5.54 Å². The van der Waals surface area contributed by atoms with E-state index in [4.69, 9.17) is 0 Å². The van der Waals surface area contributed by atoms with Gasteiger partial charge in [-0.05, 0) is 38.2 Å². The summed E-state index contributed by atoms with van der Waals surface area (Å²) in [6, 6.07) is 0.0191. The maximum atomic E-state index is 13.0. The molecule has 4 nitrogen and oxygen atoms in total. The zero-order valence-electron chi connectivity index (χ0n) is 12.6. The zero-order valence-corrected chi connectivity index (χ0v) is 13.4. The first-order valence-corrected chi connectivity index (χ1v) is 9.09. The maximum Gasteiger partial charge on any atom is 0.248 e. The fourth-order valence-electron chi connectivity index (χ4n) is 3.42. The molecule has 1 saturated carbocycles. The Labute approximate surface area is 126 Å². The van der Waals surface area contributed by atoms with Gasteiger partial charge in [0.15, 0.2) is 0 Å². The highest BCUT2D eigenvalue weighted by Gasteiger charge is 2.46. The molecule has 1 aliphatic heterocycles. The standard InChI is InChI=1S/C15H26N2O2S/c1-12-11-13(18)16-15(7-4-3-5-8-15)14(19)17(12)9-6-10-20-2/h12H,3-11H2,1-2H3,(H,16,18). The molecule has 114 valence electrons. The Bertz CT molecular complexity index is 367. The molecule has 1 saturated heterocycles. The second-order valence-electron chi connectivity index (χ2n) is 6.09. The van der Waals surface area contributed by atoms with Gasteiger partial charge in [0, 0.05) is 19.0 Å². The Hall–Kier alpha value is -0.710. The predicted molar refractivity (Wildman–Crippen MR) is 82.7 cm³/mol. The van der Waals surface area contributed by atoms with Crippen molar-refractivity contribution in [2.45, 2.75) is 63.5 Å². The van der Waals surface area contributed by atoms with Crippen LogP contribution in [0.5, 0.6) is 0 Å². The molecule has 20 heavy (non-hydrogen) atoms. The lowest BCUT2D eigenvalue weighted by Gasteiger charge is -2.39. The Balaban J connectivity index is 2.16. The van der Waals surface area contributed by atoms with Crippen molar-refractivity contribution in [1.29, 1.82) is 0 Å². The van der Waals surface area contributed by atoms with Gasteiger partial charge in [-0.15, -0.1) is 0 Å². The van der Waals surface area contributed by atoms with Crippen LogP contribution < -0.4 is 5.32 Å². The molecule has 2 fully saturated rings. The number of nitrogens with one attached hydrogen (secondary N) is 1. The molecule has 0 bridgehead atoms. The van der Waals surface area contributed by atoms with Gasteiger partial charge in [0.2, 0.25) is 11.8 Å². The summed E-state index contributed by atoms with van der Waals surface area (Å²) in [6.45, 7) is 2.77. The fraction of sp³-hybridized carbons (Fsp3) is 0.867. The average molecular weight is 298 g/mol.